The van der Waals surface area contributed by atoms with Crippen LogP contribution in [-0.4, -0.2) is 14.8 Å². The number of rotatable bonds is 1. The molecule has 0 atom stereocenters. The molecule has 18 heavy (non-hydrogen) atoms. The summed E-state index contributed by atoms with van der Waals surface area (Å²) in [7, 11) is 1.94. The standard InChI is InChI=1S/C15H21N3/c1-10-12(14-16-11(2)17-18(14)6)8-7-9-13(10)15(3,4)5/h7-9H,1-6H3. The SMILES string of the molecule is Cc1nc(-c2cccc(C(C)(C)C)c2C)n(C)n1. The van der Waals surface area contributed by atoms with E-state index >= 15 is 0 Å². The quantitative estimate of drug-likeness (QED) is 0.768. The lowest BCUT2D eigenvalue weighted by atomic mass is 9.82. The minimum absolute atomic E-state index is 0.147. The van der Waals surface area contributed by atoms with E-state index in [-0.39, 0.29) is 5.41 Å². The van der Waals surface area contributed by atoms with Crippen LogP contribution in [0.5, 0.6) is 0 Å². The fourth-order valence-electron chi connectivity index (χ4n) is 2.44. The summed E-state index contributed by atoms with van der Waals surface area (Å²) in [5.74, 6) is 1.75. The molecule has 0 saturated carbocycles. The lowest BCUT2D eigenvalue weighted by molar-refractivity contribution is 0.586. The lowest BCUT2D eigenvalue weighted by Gasteiger charge is -2.23. The molecule has 3 heteroatoms. The van der Waals surface area contributed by atoms with Crippen molar-refractivity contribution in [3.8, 4) is 11.4 Å². The van der Waals surface area contributed by atoms with Crippen molar-refractivity contribution in [1.29, 1.82) is 0 Å². The Labute approximate surface area is 109 Å². The van der Waals surface area contributed by atoms with Gasteiger partial charge < -0.3 is 0 Å². The van der Waals surface area contributed by atoms with Gasteiger partial charge in [-0.1, -0.05) is 39.0 Å². The zero-order valence-corrected chi connectivity index (χ0v) is 12.1. The van der Waals surface area contributed by atoms with Crippen LogP contribution < -0.4 is 0 Å². The van der Waals surface area contributed by atoms with Crippen molar-refractivity contribution >= 4 is 0 Å². The molecule has 0 saturated heterocycles. The van der Waals surface area contributed by atoms with Gasteiger partial charge >= 0.3 is 0 Å². The van der Waals surface area contributed by atoms with Crippen molar-refractivity contribution in [2.75, 3.05) is 0 Å². The second-order valence-corrected chi connectivity index (χ2v) is 5.83. The molecule has 0 unspecified atom stereocenters. The highest BCUT2D eigenvalue weighted by molar-refractivity contribution is 5.63. The van der Waals surface area contributed by atoms with Gasteiger partial charge in [0, 0.05) is 12.6 Å². The Hall–Kier alpha value is -1.64. The number of benzene rings is 1. The highest BCUT2D eigenvalue weighted by atomic mass is 15.3. The summed E-state index contributed by atoms with van der Waals surface area (Å²) in [6.07, 6.45) is 0. The smallest absolute Gasteiger partial charge is 0.158 e. The first kappa shape index (κ1) is 12.8. The van der Waals surface area contributed by atoms with E-state index in [0.717, 1.165) is 11.6 Å². The van der Waals surface area contributed by atoms with Gasteiger partial charge in [0.1, 0.15) is 5.82 Å². The van der Waals surface area contributed by atoms with Crippen LogP contribution in [0.15, 0.2) is 18.2 Å². The summed E-state index contributed by atoms with van der Waals surface area (Å²) in [5, 5.41) is 4.33. The van der Waals surface area contributed by atoms with Crippen molar-refractivity contribution in [2.24, 2.45) is 7.05 Å². The van der Waals surface area contributed by atoms with Gasteiger partial charge in [0.05, 0.1) is 0 Å². The Morgan fingerprint density at radius 2 is 1.78 bits per heavy atom. The third kappa shape index (κ3) is 2.17. The van der Waals surface area contributed by atoms with E-state index in [1.165, 1.54) is 16.7 Å². The van der Waals surface area contributed by atoms with Gasteiger partial charge in [0.25, 0.3) is 0 Å². The first-order chi connectivity index (χ1) is 8.30. The summed E-state index contributed by atoms with van der Waals surface area (Å²) in [6, 6.07) is 6.42. The predicted molar refractivity (Wildman–Crippen MR) is 74.6 cm³/mol. The van der Waals surface area contributed by atoms with E-state index in [1.807, 2.05) is 18.7 Å². The van der Waals surface area contributed by atoms with E-state index in [4.69, 9.17) is 0 Å². The van der Waals surface area contributed by atoms with Gasteiger partial charge in [-0.2, -0.15) is 5.10 Å². The molecule has 1 aromatic heterocycles. The van der Waals surface area contributed by atoms with Crippen LogP contribution in [0, 0.1) is 13.8 Å². The maximum absolute atomic E-state index is 4.52. The molecule has 2 rings (SSSR count). The third-order valence-electron chi connectivity index (χ3n) is 3.25. The molecule has 0 aliphatic heterocycles. The molecule has 0 aliphatic rings. The number of hydrogen-bond donors (Lipinski definition) is 0. The van der Waals surface area contributed by atoms with E-state index in [2.05, 4.69) is 56.0 Å². The Morgan fingerprint density at radius 3 is 2.28 bits per heavy atom. The van der Waals surface area contributed by atoms with Crippen molar-refractivity contribution in [1.82, 2.24) is 14.8 Å². The second kappa shape index (κ2) is 4.23. The fourth-order valence-corrected chi connectivity index (χ4v) is 2.44. The number of hydrogen-bond acceptors (Lipinski definition) is 2. The highest BCUT2D eigenvalue weighted by Crippen LogP contribution is 2.31. The van der Waals surface area contributed by atoms with Crippen molar-refractivity contribution < 1.29 is 0 Å². The molecule has 3 nitrogen and oxygen atoms in total. The Morgan fingerprint density at radius 1 is 1.11 bits per heavy atom. The number of aryl methyl sites for hydroxylation is 2. The molecule has 0 amide bonds. The first-order valence-electron chi connectivity index (χ1n) is 6.29. The van der Waals surface area contributed by atoms with E-state index in [9.17, 15) is 0 Å². The summed E-state index contributed by atoms with van der Waals surface area (Å²) in [4.78, 5) is 4.52. The molecule has 0 N–H and O–H groups in total. The maximum atomic E-state index is 4.52. The minimum Gasteiger partial charge on any atom is -0.249 e. The largest absolute Gasteiger partial charge is 0.249 e. The van der Waals surface area contributed by atoms with E-state index in [0.29, 0.717) is 0 Å². The van der Waals surface area contributed by atoms with Gasteiger partial charge in [-0.15, -0.1) is 0 Å². The topological polar surface area (TPSA) is 30.7 Å². The summed E-state index contributed by atoms with van der Waals surface area (Å²) in [6.45, 7) is 10.8. The van der Waals surface area contributed by atoms with Gasteiger partial charge in [0.2, 0.25) is 0 Å². The maximum Gasteiger partial charge on any atom is 0.158 e. The Kier molecular flexibility index (Phi) is 3.01. The first-order valence-corrected chi connectivity index (χ1v) is 6.29. The van der Waals surface area contributed by atoms with Crippen LogP contribution in [0.1, 0.15) is 37.7 Å². The van der Waals surface area contributed by atoms with Gasteiger partial charge in [0.15, 0.2) is 5.82 Å². The van der Waals surface area contributed by atoms with Crippen LogP contribution in [-0.2, 0) is 12.5 Å². The third-order valence-corrected chi connectivity index (χ3v) is 3.25. The molecular formula is C15H21N3. The van der Waals surface area contributed by atoms with Crippen molar-refractivity contribution in [3.63, 3.8) is 0 Å². The molecule has 0 radical (unpaired) electrons. The van der Waals surface area contributed by atoms with Crippen molar-refractivity contribution in [2.45, 2.75) is 40.0 Å². The molecule has 0 bridgehead atoms. The normalized spacial score (nSPS) is 11.9. The lowest BCUT2D eigenvalue weighted by Crippen LogP contribution is -2.13. The van der Waals surface area contributed by atoms with Gasteiger partial charge in [-0.3, -0.25) is 0 Å². The van der Waals surface area contributed by atoms with Gasteiger partial charge in [-0.25, -0.2) is 9.67 Å². The summed E-state index contributed by atoms with van der Waals surface area (Å²) in [5.41, 5.74) is 3.97. The van der Waals surface area contributed by atoms with Crippen LogP contribution in [0.3, 0.4) is 0 Å². The molecule has 96 valence electrons. The van der Waals surface area contributed by atoms with Crippen LogP contribution >= 0.6 is 0 Å². The predicted octanol–water partition coefficient (Wildman–Crippen LogP) is 3.40. The summed E-state index contributed by atoms with van der Waals surface area (Å²) >= 11 is 0. The molecule has 1 heterocycles. The highest BCUT2D eigenvalue weighted by Gasteiger charge is 2.19. The zero-order chi connectivity index (χ0) is 13.5. The van der Waals surface area contributed by atoms with Crippen LogP contribution in [0.25, 0.3) is 11.4 Å². The Bertz CT molecular complexity index is 574. The van der Waals surface area contributed by atoms with E-state index < -0.39 is 0 Å². The number of aromatic nitrogens is 3. The fraction of sp³-hybridized carbons (Fsp3) is 0.467. The van der Waals surface area contributed by atoms with E-state index in [1.54, 1.807) is 0 Å². The molecule has 0 fully saturated rings. The van der Waals surface area contributed by atoms with Crippen LogP contribution in [0.2, 0.25) is 0 Å². The van der Waals surface area contributed by atoms with Gasteiger partial charge in [-0.05, 0) is 30.4 Å². The summed E-state index contributed by atoms with van der Waals surface area (Å²) < 4.78 is 1.85. The Balaban J connectivity index is 2.63. The minimum atomic E-state index is 0.147. The molecule has 0 spiro atoms. The molecular weight excluding hydrogens is 222 g/mol. The van der Waals surface area contributed by atoms with Crippen LogP contribution in [0.4, 0.5) is 0 Å². The average molecular weight is 243 g/mol. The molecule has 0 aliphatic carbocycles. The monoisotopic (exact) mass is 243 g/mol. The molecule has 1 aromatic carbocycles. The average Bonchev–Trinajstić information content (AvgIpc) is 2.56. The molecule has 2 aromatic rings. The number of nitrogens with zero attached hydrogens (tertiary/aromatic N) is 3. The van der Waals surface area contributed by atoms with Crippen molar-refractivity contribution in [3.05, 3.63) is 35.2 Å². The second-order valence-electron chi connectivity index (χ2n) is 5.83. The zero-order valence-electron chi connectivity index (χ0n) is 12.1.